The van der Waals surface area contributed by atoms with Crippen molar-refractivity contribution in [3.8, 4) is 0 Å². The molecule has 0 aromatic carbocycles. The number of rotatable bonds is 6. The molecule has 94 valence electrons. The molecule has 4 nitrogen and oxygen atoms in total. The third-order valence-corrected chi connectivity index (χ3v) is 5.09. The van der Waals surface area contributed by atoms with Crippen LogP contribution in [0.2, 0.25) is 0 Å². The summed E-state index contributed by atoms with van der Waals surface area (Å²) in [6, 6.07) is 0. The van der Waals surface area contributed by atoms with E-state index in [9.17, 15) is 4.79 Å². The number of thioether (sulfide) groups is 2. The topological polar surface area (TPSA) is 61.7 Å². The first-order chi connectivity index (χ1) is 7.44. The standard InChI is InChI=1S/C10H20N2O2S2/c1-10(2,6-12-14)7(8(13)11-3)9(15-4)16-5/h6-7,9,14H,1-5H3,(H,11,13)/b12-6-. The second-order valence-corrected chi connectivity index (χ2v) is 6.25. The molecule has 0 saturated heterocycles. The lowest BCUT2D eigenvalue weighted by Gasteiger charge is -2.33. The molecule has 1 atom stereocenters. The van der Waals surface area contributed by atoms with Crippen LogP contribution in [0.1, 0.15) is 13.8 Å². The Morgan fingerprint density at radius 3 is 2.25 bits per heavy atom. The predicted molar refractivity (Wildman–Crippen MR) is 72.4 cm³/mol. The second-order valence-electron chi connectivity index (χ2n) is 4.00. The Kier molecular flexibility index (Phi) is 6.90. The summed E-state index contributed by atoms with van der Waals surface area (Å²) in [4.78, 5) is 11.9. The van der Waals surface area contributed by atoms with Crippen LogP contribution < -0.4 is 5.32 Å². The monoisotopic (exact) mass is 264 g/mol. The van der Waals surface area contributed by atoms with E-state index in [0.717, 1.165) is 0 Å². The third kappa shape index (κ3) is 3.90. The van der Waals surface area contributed by atoms with E-state index in [1.54, 1.807) is 30.6 Å². The molecule has 2 N–H and O–H groups in total. The van der Waals surface area contributed by atoms with Crippen molar-refractivity contribution in [3.63, 3.8) is 0 Å². The minimum atomic E-state index is -0.481. The number of oxime groups is 1. The molecule has 0 heterocycles. The quantitative estimate of drug-likeness (QED) is 0.333. The van der Waals surface area contributed by atoms with E-state index >= 15 is 0 Å². The van der Waals surface area contributed by atoms with Gasteiger partial charge in [-0.2, -0.15) is 23.5 Å². The van der Waals surface area contributed by atoms with E-state index in [1.807, 2.05) is 26.4 Å². The van der Waals surface area contributed by atoms with E-state index in [2.05, 4.69) is 10.5 Å². The Morgan fingerprint density at radius 2 is 1.94 bits per heavy atom. The molecule has 0 aromatic rings. The van der Waals surface area contributed by atoms with Crippen molar-refractivity contribution in [2.75, 3.05) is 19.6 Å². The summed E-state index contributed by atoms with van der Waals surface area (Å²) in [6.45, 7) is 3.79. The highest BCUT2D eigenvalue weighted by Crippen LogP contribution is 2.38. The molecule has 1 unspecified atom stereocenters. The van der Waals surface area contributed by atoms with Crippen molar-refractivity contribution in [2.24, 2.45) is 16.5 Å². The summed E-state index contributed by atoms with van der Waals surface area (Å²) < 4.78 is 0.132. The van der Waals surface area contributed by atoms with Gasteiger partial charge in [0, 0.05) is 12.5 Å². The van der Waals surface area contributed by atoms with Gasteiger partial charge in [0.05, 0.1) is 16.7 Å². The second kappa shape index (κ2) is 7.06. The van der Waals surface area contributed by atoms with Crippen molar-refractivity contribution in [3.05, 3.63) is 0 Å². The smallest absolute Gasteiger partial charge is 0.225 e. The van der Waals surface area contributed by atoms with Gasteiger partial charge in [-0.05, 0) is 12.5 Å². The number of carbonyl (C=O) groups excluding carboxylic acids is 1. The Morgan fingerprint density at radius 1 is 1.44 bits per heavy atom. The lowest BCUT2D eigenvalue weighted by atomic mass is 9.80. The average molecular weight is 264 g/mol. The Bertz CT molecular complexity index is 253. The SMILES string of the molecule is CNC(=O)C(C(SC)SC)C(C)(C)/C=N\O. The molecule has 0 saturated carbocycles. The first-order valence-electron chi connectivity index (χ1n) is 4.90. The summed E-state index contributed by atoms with van der Waals surface area (Å²) in [5.74, 6) is -0.267. The zero-order valence-corrected chi connectivity index (χ0v) is 12.0. The van der Waals surface area contributed by atoms with Gasteiger partial charge in [-0.3, -0.25) is 4.79 Å². The minimum Gasteiger partial charge on any atom is -0.411 e. The number of nitrogens with one attached hydrogen (secondary N) is 1. The molecule has 0 aromatic heterocycles. The largest absolute Gasteiger partial charge is 0.411 e. The van der Waals surface area contributed by atoms with Gasteiger partial charge in [-0.15, -0.1) is 5.16 Å². The van der Waals surface area contributed by atoms with Gasteiger partial charge in [0.2, 0.25) is 5.91 Å². The van der Waals surface area contributed by atoms with Crippen molar-refractivity contribution in [2.45, 2.75) is 18.4 Å². The first-order valence-corrected chi connectivity index (χ1v) is 7.48. The minimum absolute atomic E-state index is 0.0291. The molecule has 0 spiro atoms. The van der Waals surface area contributed by atoms with Gasteiger partial charge in [-0.25, -0.2) is 0 Å². The maximum atomic E-state index is 11.9. The van der Waals surface area contributed by atoms with Crippen LogP contribution in [0.3, 0.4) is 0 Å². The number of nitrogens with zero attached hydrogens (tertiary/aromatic N) is 1. The van der Waals surface area contributed by atoms with Gasteiger partial charge in [0.15, 0.2) is 0 Å². The molecule has 0 radical (unpaired) electrons. The van der Waals surface area contributed by atoms with Gasteiger partial charge in [-0.1, -0.05) is 13.8 Å². The normalized spacial score (nSPS) is 14.4. The fourth-order valence-electron chi connectivity index (χ4n) is 1.57. The van der Waals surface area contributed by atoms with Crippen LogP contribution >= 0.6 is 23.5 Å². The van der Waals surface area contributed by atoms with Crippen molar-refractivity contribution < 1.29 is 10.0 Å². The number of carbonyl (C=O) groups is 1. The first kappa shape index (κ1) is 15.6. The molecule has 0 bridgehead atoms. The lowest BCUT2D eigenvalue weighted by Crippen LogP contribution is -2.43. The highest BCUT2D eigenvalue weighted by atomic mass is 32.2. The summed E-state index contributed by atoms with van der Waals surface area (Å²) in [5.41, 5.74) is -0.481. The Labute approximate surface area is 106 Å². The summed E-state index contributed by atoms with van der Waals surface area (Å²) in [5, 5.41) is 14.4. The zero-order valence-electron chi connectivity index (χ0n) is 10.4. The van der Waals surface area contributed by atoms with Crippen LogP contribution in [-0.4, -0.2) is 41.5 Å². The molecule has 6 heteroatoms. The fraction of sp³-hybridized carbons (Fsp3) is 0.800. The molecule has 0 aliphatic heterocycles. The summed E-state index contributed by atoms with van der Waals surface area (Å²) >= 11 is 3.27. The van der Waals surface area contributed by atoms with Crippen LogP contribution in [0.15, 0.2) is 5.16 Å². The van der Waals surface area contributed by atoms with E-state index in [-0.39, 0.29) is 16.4 Å². The van der Waals surface area contributed by atoms with Crippen LogP contribution in [0.4, 0.5) is 0 Å². The van der Waals surface area contributed by atoms with Crippen molar-refractivity contribution in [1.29, 1.82) is 0 Å². The molecular weight excluding hydrogens is 244 g/mol. The zero-order chi connectivity index (χ0) is 12.8. The maximum absolute atomic E-state index is 11.9. The average Bonchev–Trinajstić information content (AvgIpc) is 2.24. The Balaban J connectivity index is 5.14. The van der Waals surface area contributed by atoms with Crippen LogP contribution in [0.25, 0.3) is 0 Å². The van der Waals surface area contributed by atoms with E-state index in [1.165, 1.54) is 6.21 Å². The van der Waals surface area contributed by atoms with Crippen LogP contribution in [0, 0.1) is 11.3 Å². The summed E-state index contributed by atoms with van der Waals surface area (Å²) in [6.07, 6.45) is 5.37. The van der Waals surface area contributed by atoms with E-state index in [0.29, 0.717) is 0 Å². The number of hydrogen-bond acceptors (Lipinski definition) is 5. The maximum Gasteiger partial charge on any atom is 0.225 e. The molecule has 1 amide bonds. The van der Waals surface area contributed by atoms with Crippen molar-refractivity contribution >= 4 is 35.6 Å². The van der Waals surface area contributed by atoms with Crippen molar-refractivity contribution in [1.82, 2.24) is 5.32 Å². The predicted octanol–water partition coefficient (Wildman–Crippen LogP) is 1.89. The lowest BCUT2D eigenvalue weighted by molar-refractivity contribution is -0.126. The number of hydrogen-bond donors (Lipinski definition) is 2. The fourth-order valence-corrected chi connectivity index (χ4v) is 3.83. The number of amides is 1. The highest BCUT2D eigenvalue weighted by Gasteiger charge is 2.39. The third-order valence-electron chi connectivity index (χ3n) is 2.46. The molecule has 0 fully saturated rings. The van der Waals surface area contributed by atoms with E-state index in [4.69, 9.17) is 5.21 Å². The Hall–Kier alpha value is -0.360. The highest BCUT2D eigenvalue weighted by molar-refractivity contribution is 8.16. The molecule has 0 aliphatic carbocycles. The van der Waals surface area contributed by atoms with Gasteiger partial charge < -0.3 is 10.5 Å². The molecule has 16 heavy (non-hydrogen) atoms. The molecule has 0 aliphatic rings. The van der Waals surface area contributed by atoms with Gasteiger partial charge in [0.1, 0.15) is 0 Å². The van der Waals surface area contributed by atoms with Crippen LogP contribution in [0.5, 0.6) is 0 Å². The summed E-state index contributed by atoms with van der Waals surface area (Å²) in [7, 11) is 1.62. The van der Waals surface area contributed by atoms with Gasteiger partial charge >= 0.3 is 0 Å². The van der Waals surface area contributed by atoms with Gasteiger partial charge in [0.25, 0.3) is 0 Å². The van der Waals surface area contributed by atoms with Crippen LogP contribution in [-0.2, 0) is 4.79 Å². The molecule has 0 rings (SSSR count). The van der Waals surface area contributed by atoms with E-state index < -0.39 is 5.41 Å². The molecular formula is C10H20N2O2S2.